The first-order valence-corrected chi connectivity index (χ1v) is 12.7. The molecule has 0 aromatic heterocycles. The zero-order valence-electron chi connectivity index (χ0n) is 20.2. The summed E-state index contributed by atoms with van der Waals surface area (Å²) in [7, 11) is 0. The van der Waals surface area contributed by atoms with E-state index in [1.165, 1.54) is 22.3 Å². The molecule has 2 aromatic carbocycles. The second-order valence-electron chi connectivity index (χ2n) is 8.87. The first kappa shape index (κ1) is 26.0. The second-order valence-corrected chi connectivity index (χ2v) is 9.86. The van der Waals surface area contributed by atoms with E-state index < -0.39 is 6.04 Å². The minimum absolute atomic E-state index is 0.0295. The Kier molecular flexibility index (Phi) is 10.8. The summed E-state index contributed by atoms with van der Waals surface area (Å²) in [6, 6.07) is 16.2. The van der Waals surface area contributed by atoms with Crippen molar-refractivity contribution in [3.8, 4) is 0 Å². The van der Waals surface area contributed by atoms with E-state index >= 15 is 0 Å². The number of hydrogen-bond donors (Lipinski definition) is 1. The van der Waals surface area contributed by atoms with E-state index in [1.807, 2.05) is 25.1 Å². The Bertz CT molecular complexity index is 847. The summed E-state index contributed by atoms with van der Waals surface area (Å²) in [6.07, 6.45) is 1.34. The summed E-state index contributed by atoms with van der Waals surface area (Å²) in [5.41, 5.74) is 4.89. The monoisotopic (exact) mass is 454 g/mol. The van der Waals surface area contributed by atoms with Crippen molar-refractivity contribution in [1.82, 2.24) is 10.2 Å². The van der Waals surface area contributed by atoms with Gasteiger partial charge in [-0.05, 0) is 43.7 Å². The SMILES string of the molecule is CC[C@@H](C(=O)NCC(C)C)N(CCc1ccccc1)C(=O)CSCc1cc(C)cc(C)c1. The van der Waals surface area contributed by atoms with Crippen LogP contribution in [0.5, 0.6) is 0 Å². The normalized spacial score (nSPS) is 11.9. The van der Waals surface area contributed by atoms with Crippen LogP contribution in [0.1, 0.15) is 49.4 Å². The van der Waals surface area contributed by atoms with E-state index in [9.17, 15) is 9.59 Å². The summed E-state index contributed by atoms with van der Waals surface area (Å²) in [5, 5.41) is 3.02. The van der Waals surface area contributed by atoms with Gasteiger partial charge in [0.2, 0.25) is 11.8 Å². The summed E-state index contributed by atoms with van der Waals surface area (Å²) in [5.74, 6) is 1.51. The molecule has 174 valence electrons. The maximum Gasteiger partial charge on any atom is 0.242 e. The van der Waals surface area contributed by atoms with Gasteiger partial charge in [0, 0.05) is 18.8 Å². The molecule has 0 fully saturated rings. The topological polar surface area (TPSA) is 49.4 Å². The molecule has 4 nitrogen and oxygen atoms in total. The van der Waals surface area contributed by atoms with Crippen molar-refractivity contribution in [2.75, 3.05) is 18.8 Å². The zero-order valence-corrected chi connectivity index (χ0v) is 21.0. The van der Waals surface area contributed by atoms with Gasteiger partial charge in [0.15, 0.2) is 0 Å². The van der Waals surface area contributed by atoms with Crippen LogP contribution < -0.4 is 5.32 Å². The van der Waals surface area contributed by atoms with E-state index in [4.69, 9.17) is 0 Å². The number of amides is 2. The van der Waals surface area contributed by atoms with Crippen LogP contribution >= 0.6 is 11.8 Å². The van der Waals surface area contributed by atoms with Crippen LogP contribution in [0.3, 0.4) is 0 Å². The largest absolute Gasteiger partial charge is 0.354 e. The van der Waals surface area contributed by atoms with Gasteiger partial charge in [0.05, 0.1) is 5.75 Å². The molecule has 0 bridgehead atoms. The number of aryl methyl sites for hydroxylation is 2. The van der Waals surface area contributed by atoms with Crippen LogP contribution in [0.4, 0.5) is 0 Å². The van der Waals surface area contributed by atoms with E-state index in [2.05, 4.69) is 63.3 Å². The average Bonchev–Trinajstić information content (AvgIpc) is 2.75. The highest BCUT2D eigenvalue weighted by atomic mass is 32.2. The summed E-state index contributed by atoms with van der Waals surface area (Å²) in [6.45, 7) is 11.5. The van der Waals surface area contributed by atoms with E-state index in [0.29, 0.717) is 31.2 Å². The van der Waals surface area contributed by atoms with Crippen LogP contribution in [0.15, 0.2) is 48.5 Å². The minimum Gasteiger partial charge on any atom is -0.354 e. The molecular weight excluding hydrogens is 416 g/mol. The number of carbonyl (C=O) groups excluding carboxylic acids is 2. The number of nitrogens with one attached hydrogen (secondary N) is 1. The molecular formula is C27H38N2O2S. The maximum atomic E-state index is 13.3. The first-order chi connectivity index (χ1) is 15.3. The molecule has 0 aliphatic carbocycles. The lowest BCUT2D eigenvalue weighted by Crippen LogP contribution is -2.51. The first-order valence-electron chi connectivity index (χ1n) is 11.6. The molecule has 0 unspecified atom stereocenters. The van der Waals surface area contributed by atoms with Crippen molar-refractivity contribution in [3.05, 3.63) is 70.8 Å². The van der Waals surface area contributed by atoms with Crippen molar-refractivity contribution in [2.45, 2.75) is 59.3 Å². The highest BCUT2D eigenvalue weighted by Gasteiger charge is 2.28. The standard InChI is InChI=1S/C27H38N2O2S/c1-6-25(27(31)28-17-20(2)3)29(13-12-23-10-8-7-9-11-23)26(30)19-32-18-24-15-21(4)14-22(5)16-24/h7-11,14-16,20,25H,6,12-13,17-19H2,1-5H3,(H,28,31)/t25-/m0/s1. The van der Waals surface area contributed by atoms with E-state index in [0.717, 1.165) is 12.2 Å². The molecule has 0 aliphatic heterocycles. The van der Waals surface area contributed by atoms with Crippen LogP contribution in [-0.2, 0) is 21.8 Å². The molecule has 2 rings (SSSR count). The third-order valence-corrected chi connectivity index (χ3v) is 6.32. The van der Waals surface area contributed by atoms with Gasteiger partial charge in [-0.3, -0.25) is 9.59 Å². The van der Waals surface area contributed by atoms with Crippen LogP contribution in [0, 0.1) is 19.8 Å². The lowest BCUT2D eigenvalue weighted by Gasteiger charge is -2.31. The quantitative estimate of drug-likeness (QED) is 0.482. The number of thioether (sulfide) groups is 1. The van der Waals surface area contributed by atoms with Crippen molar-refractivity contribution in [1.29, 1.82) is 0 Å². The number of nitrogens with zero attached hydrogens (tertiary/aromatic N) is 1. The number of hydrogen-bond acceptors (Lipinski definition) is 3. The van der Waals surface area contributed by atoms with Crippen LogP contribution in [0.2, 0.25) is 0 Å². The molecule has 0 spiro atoms. The van der Waals surface area contributed by atoms with Gasteiger partial charge in [-0.1, -0.05) is 80.4 Å². The second kappa shape index (κ2) is 13.3. The summed E-state index contributed by atoms with van der Waals surface area (Å²) in [4.78, 5) is 27.9. The van der Waals surface area contributed by atoms with Gasteiger partial charge in [-0.25, -0.2) is 0 Å². The molecule has 32 heavy (non-hydrogen) atoms. The molecule has 0 heterocycles. The Balaban J connectivity index is 2.06. The predicted molar refractivity (Wildman–Crippen MR) is 136 cm³/mol. The number of benzene rings is 2. The highest BCUT2D eigenvalue weighted by molar-refractivity contribution is 7.99. The molecule has 2 aromatic rings. The molecule has 0 aliphatic rings. The summed E-state index contributed by atoms with van der Waals surface area (Å²) < 4.78 is 0. The Hall–Kier alpha value is -2.27. The van der Waals surface area contributed by atoms with Crippen LogP contribution in [0.25, 0.3) is 0 Å². The maximum absolute atomic E-state index is 13.3. The highest BCUT2D eigenvalue weighted by Crippen LogP contribution is 2.18. The molecule has 0 saturated heterocycles. The molecule has 1 N–H and O–H groups in total. The van der Waals surface area contributed by atoms with Gasteiger partial charge < -0.3 is 10.2 Å². The number of carbonyl (C=O) groups is 2. The fourth-order valence-electron chi connectivity index (χ4n) is 3.81. The minimum atomic E-state index is -0.438. The average molecular weight is 455 g/mol. The Labute approximate surface area is 198 Å². The fourth-order valence-corrected chi connectivity index (χ4v) is 4.65. The smallest absolute Gasteiger partial charge is 0.242 e. The van der Waals surface area contributed by atoms with Gasteiger partial charge >= 0.3 is 0 Å². The number of rotatable bonds is 12. The summed E-state index contributed by atoms with van der Waals surface area (Å²) >= 11 is 1.62. The Morgan fingerprint density at radius 2 is 1.66 bits per heavy atom. The molecule has 0 radical (unpaired) electrons. The lowest BCUT2D eigenvalue weighted by molar-refractivity contribution is -0.138. The van der Waals surface area contributed by atoms with Gasteiger partial charge in [-0.2, -0.15) is 0 Å². The van der Waals surface area contributed by atoms with Crippen molar-refractivity contribution >= 4 is 23.6 Å². The predicted octanol–water partition coefficient (Wildman–Crippen LogP) is 5.16. The molecule has 0 saturated carbocycles. The van der Waals surface area contributed by atoms with E-state index in [-0.39, 0.29) is 11.8 Å². The molecule has 5 heteroatoms. The fraction of sp³-hybridized carbons (Fsp3) is 0.481. The Morgan fingerprint density at radius 1 is 1.00 bits per heavy atom. The third kappa shape index (κ3) is 8.70. The molecule has 2 amide bonds. The third-order valence-electron chi connectivity index (χ3n) is 5.33. The lowest BCUT2D eigenvalue weighted by atomic mass is 10.1. The van der Waals surface area contributed by atoms with Crippen LogP contribution in [-0.4, -0.2) is 41.6 Å². The van der Waals surface area contributed by atoms with Gasteiger partial charge in [0.1, 0.15) is 6.04 Å². The molecule has 1 atom stereocenters. The van der Waals surface area contributed by atoms with Crippen molar-refractivity contribution < 1.29 is 9.59 Å². The Morgan fingerprint density at radius 3 is 2.25 bits per heavy atom. The van der Waals surface area contributed by atoms with Crippen molar-refractivity contribution in [2.24, 2.45) is 5.92 Å². The van der Waals surface area contributed by atoms with Gasteiger partial charge in [-0.15, -0.1) is 11.8 Å². The van der Waals surface area contributed by atoms with E-state index in [1.54, 1.807) is 16.7 Å². The van der Waals surface area contributed by atoms with Gasteiger partial charge in [0.25, 0.3) is 0 Å². The van der Waals surface area contributed by atoms with Crippen molar-refractivity contribution in [3.63, 3.8) is 0 Å². The zero-order chi connectivity index (χ0) is 23.5.